The Morgan fingerprint density at radius 3 is 2.38 bits per heavy atom. The van der Waals surface area contributed by atoms with Crippen LogP contribution in [0, 0.1) is 17.3 Å². The fourth-order valence-electron chi connectivity index (χ4n) is 6.03. The maximum Gasteiger partial charge on any atom is 0.224 e. The normalized spacial score (nSPS) is 34.6. The Kier molecular flexibility index (Phi) is 4.67. The monoisotopic (exact) mass is 441 g/mol. The maximum absolute atomic E-state index is 12.9. The van der Waals surface area contributed by atoms with Crippen molar-refractivity contribution in [1.82, 2.24) is 0 Å². The Morgan fingerprint density at radius 1 is 1.19 bits per heavy atom. The second kappa shape index (κ2) is 6.59. The quantitative estimate of drug-likeness (QED) is 0.619. The van der Waals surface area contributed by atoms with Gasteiger partial charge in [-0.25, -0.2) is 0 Å². The molecule has 0 unspecified atom stereocenters. The molecule has 0 spiro atoms. The van der Waals surface area contributed by atoms with E-state index in [1.165, 1.54) is 32.1 Å². The topological polar surface area (TPSA) is 47.6 Å². The van der Waals surface area contributed by atoms with Crippen LogP contribution in [-0.2, 0) is 4.79 Å². The molecule has 0 saturated heterocycles. The van der Waals surface area contributed by atoms with Gasteiger partial charge < -0.3 is 14.8 Å². The molecule has 0 heterocycles. The maximum atomic E-state index is 12.9. The number of amides is 1. The molecule has 4 bridgehead atoms. The van der Waals surface area contributed by atoms with E-state index in [-0.39, 0.29) is 15.6 Å². The van der Waals surface area contributed by atoms with Crippen LogP contribution in [0.25, 0.3) is 0 Å². The number of nitrogens with one attached hydrogen (secondary N) is 1. The molecule has 142 valence electrons. The number of ether oxygens (including phenoxy) is 2. The molecule has 5 rings (SSSR count). The van der Waals surface area contributed by atoms with Gasteiger partial charge >= 0.3 is 0 Å². The molecule has 0 radical (unpaired) electrons. The smallest absolute Gasteiger partial charge is 0.224 e. The summed E-state index contributed by atoms with van der Waals surface area (Å²) >= 11 is 10.3. The predicted octanol–water partition coefficient (Wildman–Crippen LogP) is 5.42. The lowest BCUT2D eigenvalue weighted by Crippen LogP contribution is -2.53. The number of carbonyl (C=O) groups is 1. The molecule has 1 N–H and O–H groups in total. The third kappa shape index (κ3) is 3.33. The molecular formula is C20H25BrClNO3. The summed E-state index contributed by atoms with van der Waals surface area (Å²) in [5, 5.41) is 3.46. The van der Waals surface area contributed by atoms with E-state index in [2.05, 4.69) is 21.2 Å². The first kappa shape index (κ1) is 18.4. The summed E-state index contributed by atoms with van der Waals surface area (Å²) in [7, 11) is 3.14. The Balaban J connectivity index is 1.50. The number of anilines is 1. The summed E-state index contributed by atoms with van der Waals surface area (Å²) in [5.74, 6) is 2.69. The Labute approximate surface area is 168 Å². The number of hydrogen-bond donors (Lipinski definition) is 1. The highest BCUT2D eigenvalue weighted by atomic mass is 79.9. The predicted molar refractivity (Wildman–Crippen MR) is 107 cm³/mol. The molecule has 1 aromatic rings. The summed E-state index contributed by atoms with van der Waals surface area (Å²) in [6, 6.07) is 3.40. The molecule has 2 atom stereocenters. The summed E-state index contributed by atoms with van der Waals surface area (Å²) in [4.78, 5) is 12.9. The molecule has 4 saturated carbocycles. The average Bonchev–Trinajstić information content (AvgIpc) is 2.53. The van der Waals surface area contributed by atoms with E-state index in [1.54, 1.807) is 26.4 Å². The van der Waals surface area contributed by atoms with Crippen LogP contribution in [0.1, 0.15) is 44.9 Å². The summed E-state index contributed by atoms with van der Waals surface area (Å²) in [6.45, 7) is 0. The Morgan fingerprint density at radius 2 is 1.81 bits per heavy atom. The second-order valence-corrected chi connectivity index (χ2v) is 10.6. The van der Waals surface area contributed by atoms with Crippen molar-refractivity contribution in [3.8, 4) is 11.5 Å². The number of methoxy groups -OCH3 is 2. The molecule has 4 aliphatic rings. The largest absolute Gasteiger partial charge is 0.493 e. The number of benzene rings is 1. The molecule has 0 aliphatic heterocycles. The lowest BCUT2D eigenvalue weighted by Gasteiger charge is -2.60. The lowest BCUT2D eigenvalue weighted by molar-refractivity contribution is -0.123. The van der Waals surface area contributed by atoms with E-state index >= 15 is 0 Å². The molecule has 1 aromatic carbocycles. The SMILES string of the molecule is COc1cc(Cl)c(NC(=O)CC23C[C@H]4C[C@@H](CC(Br)(C4)C2)C3)cc1OC. The van der Waals surface area contributed by atoms with Crippen LogP contribution >= 0.6 is 27.5 Å². The fraction of sp³-hybridized carbons (Fsp3) is 0.650. The number of rotatable bonds is 5. The van der Waals surface area contributed by atoms with Gasteiger partial charge in [-0.1, -0.05) is 27.5 Å². The lowest BCUT2D eigenvalue weighted by atomic mass is 9.48. The zero-order chi connectivity index (χ0) is 18.5. The van der Waals surface area contributed by atoms with E-state index in [4.69, 9.17) is 21.1 Å². The van der Waals surface area contributed by atoms with Crippen molar-refractivity contribution in [3.63, 3.8) is 0 Å². The average molecular weight is 443 g/mol. The van der Waals surface area contributed by atoms with Crippen molar-refractivity contribution in [2.75, 3.05) is 19.5 Å². The first-order chi connectivity index (χ1) is 12.3. The van der Waals surface area contributed by atoms with Crippen LogP contribution in [0.4, 0.5) is 5.69 Å². The highest BCUT2D eigenvalue weighted by molar-refractivity contribution is 9.10. The van der Waals surface area contributed by atoms with Crippen molar-refractivity contribution in [1.29, 1.82) is 0 Å². The zero-order valence-corrected chi connectivity index (χ0v) is 17.6. The van der Waals surface area contributed by atoms with Gasteiger partial charge in [-0.2, -0.15) is 0 Å². The fourth-order valence-corrected chi connectivity index (χ4v) is 7.74. The first-order valence-electron chi connectivity index (χ1n) is 9.24. The minimum atomic E-state index is 0.0390. The minimum Gasteiger partial charge on any atom is -0.493 e. The molecule has 6 heteroatoms. The summed E-state index contributed by atoms with van der Waals surface area (Å²) in [5.41, 5.74) is 0.716. The van der Waals surface area contributed by atoms with Crippen LogP contribution < -0.4 is 14.8 Å². The van der Waals surface area contributed by atoms with Crippen LogP contribution in [0.2, 0.25) is 5.02 Å². The standard InChI is InChI=1S/C20H25BrClNO3/c1-25-16-4-14(22)15(5-17(16)26-2)23-18(24)10-19-6-12-3-13(7-19)9-20(21,8-12)11-19/h4-5,12-13H,3,6-11H2,1-2H3,(H,23,24)/t12-,13-,19?,20?/m1/s1. The molecule has 0 aromatic heterocycles. The van der Waals surface area contributed by atoms with E-state index in [0.717, 1.165) is 18.3 Å². The third-order valence-corrected chi connectivity index (χ3v) is 7.63. The van der Waals surface area contributed by atoms with Gasteiger partial charge in [0, 0.05) is 22.9 Å². The van der Waals surface area contributed by atoms with Gasteiger partial charge in [0.25, 0.3) is 0 Å². The van der Waals surface area contributed by atoms with Gasteiger partial charge in [-0.3, -0.25) is 4.79 Å². The Hall–Kier alpha value is -0.940. The third-order valence-electron chi connectivity index (χ3n) is 6.39. The van der Waals surface area contributed by atoms with Gasteiger partial charge in [0.1, 0.15) is 0 Å². The second-order valence-electron chi connectivity index (χ2n) is 8.52. The zero-order valence-electron chi connectivity index (χ0n) is 15.2. The number of halogens is 2. The van der Waals surface area contributed by atoms with Crippen LogP contribution in [-0.4, -0.2) is 24.5 Å². The molecule has 1 amide bonds. The van der Waals surface area contributed by atoms with Crippen molar-refractivity contribution < 1.29 is 14.3 Å². The van der Waals surface area contributed by atoms with Gasteiger partial charge in [0.15, 0.2) is 11.5 Å². The molecule has 26 heavy (non-hydrogen) atoms. The van der Waals surface area contributed by atoms with Gasteiger partial charge in [-0.05, 0) is 55.8 Å². The Bertz CT molecular complexity index is 724. The molecule has 4 aliphatic carbocycles. The minimum absolute atomic E-state index is 0.0390. The first-order valence-corrected chi connectivity index (χ1v) is 10.4. The summed E-state index contributed by atoms with van der Waals surface area (Å²) < 4.78 is 10.8. The molecule has 4 fully saturated rings. The van der Waals surface area contributed by atoms with Crippen molar-refractivity contribution in [2.45, 2.75) is 49.3 Å². The number of alkyl halides is 1. The van der Waals surface area contributed by atoms with E-state index in [0.29, 0.717) is 28.6 Å². The van der Waals surface area contributed by atoms with Crippen LogP contribution in [0.3, 0.4) is 0 Å². The number of hydrogen-bond acceptors (Lipinski definition) is 3. The van der Waals surface area contributed by atoms with Gasteiger partial charge in [0.05, 0.1) is 24.9 Å². The van der Waals surface area contributed by atoms with Crippen molar-refractivity contribution in [3.05, 3.63) is 17.2 Å². The van der Waals surface area contributed by atoms with Gasteiger partial charge in [-0.15, -0.1) is 0 Å². The van der Waals surface area contributed by atoms with Crippen LogP contribution in [0.15, 0.2) is 12.1 Å². The highest BCUT2D eigenvalue weighted by Gasteiger charge is 2.57. The molecule has 4 nitrogen and oxygen atoms in total. The summed E-state index contributed by atoms with van der Waals surface area (Å²) in [6.07, 6.45) is 7.94. The van der Waals surface area contributed by atoms with Crippen molar-refractivity contribution in [2.24, 2.45) is 17.3 Å². The van der Waals surface area contributed by atoms with E-state index in [9.17, 15) is 4.79 Å². The van der Waals surface area contributed by atoms with Gasteiger partial charge in [0.2, 0.25) is 5.91 Å². The highest BCUT2D eigenvalue weighted by Crippen LogP contribution is 2.65. The van der Waals surface area contributed by atoms with Crippen LogP contribution in [0.5, 0.6) is 11.5 Å². The molecular weight excluding hydrogens is 418 g/mol. The van der Waals surface area contributed by atoms with E-state index < -0.39 is 0 Å². The van der Waals surface area contributed by atoms with Crippen molar-refractivity contribution >= 4 is 39.1 Å². The van der Waals surface area contributed by atoms with E-state index in [1.807, 2.05) is 0 Å². The number of carbonyl (C=O) groups excluding carboxylic acids is 1.